The quantitative estimate of drug-likeness (QED) is 0.736. The molecule has 0 heterocycles. The fourth-order valence-corrected chi connectivity index (χ4v) is 1.97. The highest BCUT2D eigenvalue weighted by Gasteiger charge is 2.25. The molecule has 0 aliphatic heterocycles. The number of halogens is 1. The summed E-state index contributed by atoms with van der Waals surface area (Å²) in [7, 11) is 0. The van der Waals surface area contributed by atoms with Crippen LogP contribution in [0.5, 0.6) is 5.75 Å². The highest BCUT2D eigenvalue weighted by molar-refractivity contribution is 5.76. The molecule has 1 amide bonds. The van der Waals surface area contributed by atoms with Gasteiger partial charge in [-0.05, 0) is 25.0 Å². The summed E-state index contributed by atoms with van der Waals surface area (Å²) in [6.07, 6.45) is 1.81. The van der Waals surface area contributed by atoms with Crippen LogP contribution in [-0.2, 0) is 4.79 Å². The van der Waals surface area contributed by atoms with Gasteiger partial charge in [-0.3, -0.25) is 4.79 Å². The number of amides is 1. The Balaban J connectivity index is 2.31. The summed E-state index contributed by atoms with van der Waals surface area (Å²) in [4.78, 5) is 11.7. The van der Waals surface area contributed by atoms with Gasteiger partial charge in [0.1, 0.15) is 11.6 Å². The van der Waals surface area contributed by atoms with E-state index in [-0.39, 0.29) is 36.8 Å². The van der Waals surface area contributed by atoms with Gasteiger partial charge in [-0.2, -0.15) is 0 Å². The highest BCUT2D eigenvalue weighted by Crippen LogP contribution is 2.24. The number of ether oxygens (including phenoxy) is 1. The molecule has 4 nitrogen and oxygen atoms in total. The third-order valence-corrected chi connectivity index (χ3v) is 3.89. The molecular formula is C16H24FNO3. The molecule has 0 unspecified atom stereocenters. The van der Waals surface area contributed by atoms with Crippen molar-refractivity contribution < 1.29 is 19.0 Å². The number of hydrogen-bond acceptors (Lipinski definition) is 3. The van der Waals surface area contributed by atoms with E-state index in [1.54, 1.807) is 12.1 Å². The van der Waals surface area contributed by atoms with Gasteiger partial charge >= 0.3 is 0 Å². The molecule has 21 heavy (non-hydrogen) atoms. The predicted octanol–water partition coefficient (Wildman–Crippen LogP) is 2.51. The van der Waals surface area contributed by atoms with Gasteiger partial charge in [0.05, 0.1) is 19.6 Å². The first-order valence-corrected chi connectivity index (χ1v) is 7.31. The molecule has 1 aromatic rings. The molecule has 0 bridgehead atoms. The van der Waals surface area contributed by atoms with Crippen molar-refractivity contribution in [3.8, 4) is 5.75 Å². The summed E-state index contributed by atoms with van der Waals surface area (Å²) < 4.78 is 18.3. The van der Waals surface area contributed by atoms with Gasteiger partial charge in [-0.1, -0.05) is 19.9 Å². The molecule has 1 rings (SSSR count). The second-order valence-electron chi connectivity index (χ2n) is 5.20. The number of nitrogens with one attached hydrogen (secondary N) is 1. The van der Waals surface area contributed by atoms with Gasteiger partial charge in [0.15, 0.2) is 0 Å². The maximum Gasteiger partial charge on any atom is 0.223 e. The van der Waals surface area contributed by atoms with Gasteiger partial charge < -0.3 is 15.2 Å². The summed E-state index contributed by atoms with van der Waals surface area (Å²) in [5.74, 6) is -0.0867. The van der Waals surface area contributed by atoms with E-state index in [2.05, 4.69) is 5.32 Å². The minimum Gasteiger partial charge on any atom is -0.493 e. The van der Waals surface area contributed by atoms with Crippen molar-refractivity contribution in [2.45, 2.75) is 33.1 Å². The van der Waals surface area contributed by atoms with Crippen LogP contribution in [0.25, 0.3) is 0 Å². The van der Waals surface area contributed by atoms with Gasteiger partial charge in [0, 0.05) is 18.0 Å². The minimum atomic E-state index is -0.365. The third kappa shape index (κ3) is 5.71. The van der Waals surface area contributed by atoms with Crippen molar-refractivity contribution >= 4 is 5.91 Å². The Kier molecular flexibility index (Phi) is 7.15. The Morgan fingerprint density at radius 1 is 1.38 bits per heavy atom. The number of rotatable bonds is 9. The highest BCUT2D eigenvalue weighted by atomic mass is 19.1. The maximum atomic E-state index is 12.9. The van der Waals surface area contributed by atoms with Crippen LogP contribution in [0.2, 0.25) is 0 Å². The van der Waals surface area contributed by atoms with E-state index >= 15 is 0 Å². The molecule has 118 valence electrons. The molecular weight excluding hydrogens is 273 g/mol. The summed E-state index contributed by atoms with van der Waals surface area (Å²) in [6.45, 7) is 4.70. The fraction of sp³-hybridized carbons (Fsp3) is 0.562. The number of carbonyl (C=O) groups excluding carboxylic acids is 1. The standard InChI is InChI=1S/C16H24FNO3/c1-3-16(4-2,12-19)11-18-15(20)8-9-21-14-7-5-6-13(17)10-14/h5-7,10,19H,3-4,8-9,11-12H2,1-2H3,(H,18,20). The van der Waals surface area contributed by atoms with Crippen LogP contribution >= 0.6 is 0 Å². The van der Waals surface area contributed by atoms with Crippen molar-refractivity contribution in [1.29, 1.82) is 0 Å². The molecule has 0 saturated carbocycles. The predicted molar refractivity (Wildman–Crippen MR) is 79.6 cm³/mol. The first kappa shape index (κ1) is 17.4. The van der Waals surface area contributed by atoms with Crippen molar-refractivity contribution in [3.63, 3.8) is 0 Å². The lowest BCUT2D eigenvalue weighted by molar-refractivity contribution is -0.122. The van der Waals surface area contributed by atoms with E-state index in [9.17, 15) is 14.3 Å². The van der Waals surface area contributed by atoms with E-state index in [0.29, 0.717) is 12.3 Å². The topological polar surface area (TPSA) is 58.6 Å². The Bertz CT molecular complexity index is 439. The van der Waals surface area contributed by atoms with E-state index in [0.717, 1.165) is 12.8 Å². The fourth-order valence-electron chi connectivity index (χ4n) is 1.97. The number of aliphatic hydroxyl groups is 1. The summed E-state index contributed by atoms with van der Waals surface area (Å²) in [5.41, 5.74) is -0.251. The van der Waals surface area contributed by atoms with Gasteiger partial charge in [-0.15, -0.1) is 0 Å². The first-order valence-electron chi connectivity index (χ1n) is 7.31. The van der Waals surface area contributed by atoms with Crippen molar-refractivity contribution in [1.82, 2.24) is 5.32 Å². The Morgan fingerprint density at radius 3 is 2.67 bits per heavy atom. The summed E-state index contributed by atoms with van der Waals surface area (Å²) in [5, 5.41) is 12.2. The molecule has 0 aliphatic rings. The van der Waals surface area contributed by atoms with Crippen LogP contribution in [0.15, 0.2) is 24.3 Å². The minimum absolute atomic E-state index is 0.0556. The lowest BCUT2D eigenvalue weighted by Crippen LogP contribution is -2.39. The largest absolute Gasteiger partial charge is 0.493 e. The normalized spacial score (nSPS) is 11.2. The second-order valence-corrected chi connectivity index (χ2v) is 5.20. The van der Waals surface area contributed by atoms with Gasteiger partial charge in [0.2, 0.25) is 5.91 Å². The molecule has 0 atom stereocenters. The lowest BCUT2D eigenvalue weighted by Gasteiger charge is -2.29. The summed E-state index contributed by atoms with van der Waals surface area (Å²) in [6, 6.07) is 5.82. The molecule has 0 fully saturated rings. The zero-order valence-electron chi connectivity index (χ0n) is 12.7. The molecule has 0 aromatic heterocycles. The molecule has 0 saturated heterocycles. The van der Waals surface area contributed by atoms with E-state index in [1.807, 2.05) is 13.8 Å². The second kappa shape index (κ2) is 8.62. The van der Waals surface area contributed by atoms with Crippen LogP contribution in [0.4, 0.5) is 4.39 Å². The van der Waals surface area contributed by atoms with Gasteiger partial charge in [0.25, 0.3) is 0 Å². The molecule has 0 aliphatic carbocycles. The van der Waals surface area contributed by atoms with Crippen LogP contribution in [-0.4, -0.2) is 30.8 Å². The average Bonchev–Trinajstić information content (AvgIpc) is 2.49. The Morgan fingerprint density at radius 2 is 2.10 bits per heavy atom. The average molecular weight is 297 g/mol. The lowest BCUT2D eigenvalue weighted by atomic mass is 9.83. The van der Waals surface area contributed by atoms with Crippen LogP contribution < -0.4 is 10.1 Å². The maximum absolute atomic E-state index is 12.9. The Hall–Kier alpha value is -1.62. The zero-order valence-corrected chi connectivity index (χ0v) is 12.7. The molecule has 0 radical (unpaired) electrons. The SMILES string of the molecule is CCC(CC)(CO)CNC(=O)CCOc1cccc(F)c1. The van der Waals surface area contributed by atoms with Crippen LogP contribution in [0.3, 0.4) is 0 Å². The monoisotopic (exact) mass is 297 g/mol. The number of carbonyl (C=O) groups is 1. The molecule has 0 spiro atoms. The zero-order chi connectivity index (χ0) is 15.7. The van der Waals surface area contributed by atoms with Crippen LogP contribution in [0.1, 0.15) is 33.1 Å². The third-order valence-electron chi connectivity index (χ3n) is 3.89. The Labute approximate surface area is 125 Å². The molecule has 2 N–H and O–H groups in total. The number of benzene rings is 1. The smallest absolute Gasteiger partial charge is 0.223 e. The molecule has 1 aromatic carbocycles. The van der Waals surface area contributed by atoms with Crippen molar-refractivity contribution in [2.24, 2.45) is 5.41 Å². The van der Waals surface area contributed by atoms with Crippen LogP contribution in [0, 0.1) is 11.2 Å². The molecule has 5 heteroatoms. The van der Waals surface area contributed by atoms with Crippen molar-refractivity contribution in [3.05, 3.63) is 30.1 Å². The van der Waals surface area contributed by atoms with Gasteiger partial charge in [-0.25, -0.2) is 4.39 Å². The first-order chi connectivity index (χ1) is 10.0. The van der Waals surface area contributed by atoms with Crippen molar-refractivity contribution in [2.75, 3.05) is 19.8 Å². The number of hydrogen-bond donors (Lipinski definition) is 2. The van der Waals surface area contributed by atoms with E-state index in [1.165, 1.54) is 12.1 Å². The van der Waals surface area contributed by atoms with E-state index < -0.39 is 0 Å². The number of aliphatic hydroxyl groups excluding tert-OH is 1. The summed E-state index contributed by atoms with van der Waals surface area (Å²) >= 11 is 0. The van der Waals surface area contributed by atoms with E-state index in [4.69, 9.17) is 4.74 Å².